The van der Waals surface area contributed by atoms with Crippen molar-refractivity contribution in [3.8, 4) is 0 Å². The fraction of sp³-hybridized carbons (Fsp3) is 0.432. The van der Waals surface area contributed by atoms with E-state index in [4.69, 9.17) is 4.74 Å². The van der Waals surface area contributed by atoms with Crippen LogP contribution >= 0.6 is 0 Å². The maximum Gasteiger partial charge on any atom is 0.410 e. The molecule has 4 heterocycles. The number of para-hydroxylation sites is 1. The predicted molar refractivity (Wildman–Crippen MR) is 174 cm³/mol. The summed E-state index contributed by atoms with van der Waals surface area (Å²) >= 11 is 0. The van der Waals surface area contributed by atoms with Crippen molar-refractivity contribution in [1.29, 1.82) is 0 Å². The molecular formula is C37H44N4O2. The number of anilines is 1. The number of hydrogen-bond acceptors (Lipinski definition) is 4. The van der Waals surface area contributed by atoms with E-state index in [1.165, 1.54) is 46.4 Å². The minimum Gasteiger partial charge on any atom is -0.445 e. The Morgan fingerprint density at radius 1 is 0.930 bits per heavy atom. The van der Waals surface area contributed by atoms with Crippen LogP contribution in [-0.4, -0.2) is 66.2 Å². The third kappa shape index (κ3) is 5.31. The lowest BCUT2D eigenvalue weighted by molar-refractivity contribution is 0.0960. The Balaban J connectivity index is 1.19. The molecule has 0 aliphatic carbocycles. The van der Waals surface area contributed by atoms with Gasteiger partial charge >= 0.3 is 6.09 Å². The molecule has 6 nitrogen and oxygen atoms in total. The minimum absolute atomic E-state index is 0.217. The van der Waals surface area contributed by atoms with Gasteiger partial charge in [0, 0.05) is 66.3 Å². The molecule has 4 aromatic rings. The Hall–Kier alpha value is -3.77. The summed E-state index contributed by atoms with van der Waals surface area (Å²) in [6.07, 6.45) is 3.73. The van der Waals surface area contributed by atoms with Crippen LogP contribution in [-0.2, 0) is 17.8 Å². The van der Waals surface area contributed by atoms with Crippen molar-refractivity contribution < 1.29 is 9.53 Å². The number of ether oxygens (including phenoxy) is 1. The number of rotatable bonds is 5. The Kier molecular flexibility index (Phi) is 7.87. The van der Waals surface area contributed by atoms with Crippen molar-refractivity contribution in [2.24, 2.45) is 0 Å². The Morgan fingerprint density at radius 3 is 2.60 bits per heavy atom. The maximum atomic E-state index is 13.3. The zero-order valence-corrected chi connectivity index (χ0v) is 25.6. The predicted octanol–water partition coefficient (Wildman–Crippen LogP) is 7.29. The van der Waals surface area contributed by atoms with Crippen LogP contribution in [0.1, 0.15) is 72.9 Å². The van der Waals surface area contributed by atoms with Crippen LogP contribution in [0.4, 0.5) is 10.5 Å². The van der Waals surface area contributed by atoms with Gasteiger partial charge in [0.2, 0.25) is 0 Å². The van der Waals surface area contributed by atoms with E-state index in [0.717, 1.165) is 44.5 Å². The summed E-state index contributed by atoms with van der Waals surface area (Å²) in [6.45, 7) is 10.8. The largest absolute Gasteiger partial charge is 0.445 e. The van der Waals surface area contributed by atoms with Gasteiger partial charge in [-0.1, -0.05) is 67.6 Å². The van der Waals surface area contributed by atoms with Crippen LogP contribution in [0, 0.1) is 0 Å². The first-order valence-electron chi connectivity index (χ1n) is 16.3. The van der Waals surface area contributed by atoms with Crippen LogP contribution in [0.5, 0.6) is 0 Å². The fourth-order valence-corrected chi connectivity index (χ4v) is 8.00. The van der Waals surface area contributed by atoms with Crippen LogP contribution in [0.25, 0.3) is 10.9 Å². The highest BCUT2D eigenvalue weighted by atomic mass is 16.6. The zero-order chi connectivity index (χ0) is 29.3. The van der Waals surface area contributed by atoms with Gasteiger partial charge in [-0.05, 0) is 80.1 Å². The number of carbonyl (C=O) groups is 1. The van der Waals surface area contributed by atoms with Crippen LogP contribution in [0.15, 0.2) is 72.8 Å². The summed E-state index contributed by atoms with van der Waals surface area (Å²) in [5.74, 6) is 0.865. The third-order valence-corrected chi connectivity index (χ3v) is 10.2. The van der Waals surface area contributed by atoms with Gasteiger partial charge in [0.05, 0.1) is 0 Å². The summed E-state index contributed by atoms with van der Waals surface area (Å²) in [5, 5.41) is 1.27. The first-order chi connectivity index (χ1) is 21.1. The van der Waals surface area contributed by atoms with Crippen molar-refractivity contribution in [3.05, 3.63) is 101 Å². The second kappa shape index (κ2) is 12.1. The number of piperidine rings is 1. The molecule has 0 bridgehead atoms. The number of hydrogen-bond donors (Lipinski definition) is 1. The van der Waals surface area contributed by atoms with Gasteiger partial charge in [0.15, 0.2) is 0 Å². The molecule has 3 atom stereocenters. The topological polar surface area (TPSA) is 51.8 Å². The molecule has 1 saturated heterocycles. The average Bonchev–Trinajstić information content (AvgIpc) is 3.59. The number of aromatic amines is 1. The molecule has 1 fully saturated rings. The normalized spacial score (nSPS) is 22.3. The summed E-state index contributed by atoms with van der Waals surface area (Å²) in [5.41, 5.74) is 9.24. The molecule has 1 N–H and O–H groups in total. The van der Waals surface area contributed by atoms with Crippen LogP contribution in [0.2, 0.25) is 0 Å². The van der Waals surface area contributed by atoms with Crippen LogP contribution in [0.3, 0.4) is 0 Å². The highest BCUT2D eigenvalue weighted by Gasteiger charge is 2.41. The molecule has 3 aliphatic heterocycles. The monoisotopic (exact) mass is 576 g/mol. The molecule has 224 valence electrons. The van der Waals surface area contributed by atoms with E-state index in [0.29, 0.717) is 31.7 Å². The maximum absolute atomic E-state index is 13.3. The highest BCUT2D eigenvalue weighted by Crippen LogP contribution is 2.47. The molecule has 3 unspecified atom stereocenters. The van der Waals surface area contributed by atoms with Gasteiger partial charge in [-0.15, -0.1) is 0 Å². The fourth-order valence-electron chi connectivity index (χ4n) is 8.00. The lowest BCUT2D eigenvalue weighted by atomic mass is 9.83. The Morgan fingerprint density at radius 2 is 1.77 bits per heavy atom. The molecule has 1 amide bonds. The molecule has 3 aromatic carbocycles. The molecule has 43 heavy (non-hydrogen) atoms. The minimum atomic E-state index is -0.217. The number of fused-ring (bicyclic) bond motifs is 6. The van der Waals surface area contributed by atoms with Crippen molar-refractivity contribution in [2.75, 3.05) is 44.2 Å². The number of nitrogens with zero attached hydrogens (tertiary/aromatic N) is 3. The summed E-state index contributed by atoms with van der Waals surface area (Å²) in [4.78, 5) is 24.3. The molecule has 3 aliphatic rings. The smallest absolute Gasteiger partial charge is 0.410 e. The first-order valence-corrected chi connectivity index (χ1v) is 16.3. The van der Waals surface area contributed by atoms with E-state index in [1.807, 2.05) is 35.2 Å². The number of likely N-dealkylation sites (tertiary alicyclic amines) is 1. The SMILES string of the molecule is CCN1CCC2c3cc(C4CCCN(C(=O)OCc5ccccc5)CCc5c4[nH]c4ccccc54)ccc3N(CC)C2C1. The first kappa shape index (κ1) is 28.0. The van der Waals surface area contributed by atoms with Crippen LogP contribution < -0.4 is 4.90 Å². The molecule has 1 aromatic heterocycles. The van der Waals surface area contributed by atoms with E-state index in [-0.39, 0.29) is 12.0 Å². The quantitative estimate of drug-likeness (QED) is 0.271. The Labute approximate surface area is 255 Å². The second-order valence-corrected chi connectivity index (χ2v) is 12.5. The number of amides is 1. The van der Waals surface area contributed by atoms with Gasteiger partial charge in [0.25, 0.3) is 0 Å². The summed E-state index contributed by atoms with van der Waals surface area (Å²) < 4.78 is 5.78. The van der Waals surface area contributed by atoms with E-state index < -0.39 is 0 Å². The third-order valence-electron chi connectivity index (χ3n) is 10.2. The molecule has 6 heteroatoms. The molecule has 0 radical (unpaired) electrons. The number of likely N-dealkylation sites (N-methyl/N-ethyl adjacent to an activating group) is 2. The zero-order valence-electron chi connectivity index (χ0n) is 25.6. The molecular weight excluding hydrogens is 532 g/mol. The number of benzene rings is 3. The molecule has 0 spiro atoms. The van der Waals surface area contributed by atoms with E-state index >= 15 is 0 Å². The van der Waals surface area contributed by atoms with Crippen molar-refractivity contribution in [1.82, 2.24) is 14.8 Å². The Bertz CT molecular complexity index is 1580. The van der Waals surface area contributed by atoms with Gasteiger partial charge in [-0.3, -0.25) is 0 Å². The highest BCUT2D eigenvalue weighted by molar-refractivity contribution is 5.85. The second-order valence-electron chi connectivity index (χ2n) is 12.5. The van der Waals surface area contributed by atoms with Crippen molar-refractivity contribution in [3.63, 3.8) is 0 Å². The van der Waals surface area contributed by atoms with Gasteiger partial charge in [-0.25, -0.2) is 4.79 Å². The number of aromatic nitrogens is 1. The number of H-pyrrole nitrogens is 1. The van der Waals surface area contributed by atoms with Gasteiger partial charge < -0.3 is 24.4 Å². The van der Waals surface area contributed by atoms with Crippen molar-refractivity contribution in [2.45, 2.75) is 64.0 Å². The number of carbonyl (C=O) groups excluding carboxylic acids is 1. The summed E-state index contributed by atoms with van der Waals surface area (Å²) in [6, 6.07) is 26.5. The standard InChI is InChI=1S/C37H44N4O2/c1-3-39-21-18-30-32-23-27(16-17-34(32)41(4-2)35(30)24-39)28-14-10-20-40(37(42)43-25-26-11-6-5-7-12-26)22-19-31-29-13-8-9-15-33(29)38-36(28)31/h5-9,11-13,15-17,23,28,30,35,38H,3-4,10,14,18-22,24-25H2,1-2H3. The van der Waals surface area contributed by atoms with Gasteiger partial charge in [-0.2, -0.15) is 0 Å². The van der Waals surface area contributed by atoms with E-state index in [2.05, 4.69) is 71.1 Å². The summed E-state index contributed by atoms with van der Waals surface area (Å²) in [7, 11) is 0. The molecule has 7 rings (SSSR count). The lowest BCUT2D eigenvalue weighted by Crippen LogP contribution is -2.48. The van der Waals surface area contributed by atoms with E-state index in [1.54, 1.807) is 5.56 Å². The molecule has 0 saturated carbocycles. The average molecular weight is 577 g/mol. The van der Waals surface area contributed by atoms with Gasteiger partial charge in [0.1, 0.15) is 6.61 Å². The number of nitrogens with one attached hydrogen (secondary N) is 1. The van der Waals surface area contributed by atoms with E-state index in [9.17, 15) is 4.79 Å². The lowest BCUT2D eigenvalue weighted by Gasteiger charge is -2.38. The van der Waals surface area contributed by atoms with Crippen molar-refractivity contribution >= 4 is 22.7 Å².